The lowest BCUT2D eigenvalue weighted by atomic mass is 9.95. The van der Waals surface area contributed by atoms with Gasteiger partial charge in [-0.2, -0.15) is 0 Å². The van der Waals surface area contributed by atoms with E-state index in [1.165, 1.54) is 19.3 Å². The summed E-state index contributed by atoms with van der Waals surface area (Å²) < 4.78 is 6.77. The fourth-order valence-electron chi connectivity index (χ4n) is 2.94. The van der Waals surface area contributed by atoms with E-state index in [1.807, 2.05) is 24.3 Å². The SMILES string of the molecule is O=C(CCc1ncc(-c2ccc(Br)cc2)o1)NC1CCCCC1. The first-order chi connectivity index (χ1) is 11.2. The van der Waals surface area contributed by atoms with E-state index in [2.05, 4.69) is 26.2 Å². The Kier molecular flexibility index (Phi) is 5.49. The highest BCUT2D eigenvalue weighted by atomic mass is 79.9. The number of hydrogen-bond donors (Lipinski definition) is 1. The van der Waals surface area contributed by atoms with Crippen LogP contribution in [0.4, 0.5) is 0 Å². The van der Waals surface area contributed by atoms with Crippen molar-refractivity contribution in [3.05, 3.63) is 40.8 Å². The Morgan fingerprint density at radius 1 is 1.22 bits per heavy atom. The Bertz CT molecular complexity index is 645. The second kappa shape index (κ2) is 7.77. The molecular weight excluding hydrogens is 356 g/mol. The molecule has 0 unspecified atom stereocenters. The maximum Gasteiger partial charge on any atom is 0.220 e. The number of amides is 1. The molecule has 1 aliphatic rings. The topological polar surface area (TPSA) is 55.1 Å². The van der Waals surface area contributed by atoms with E-state index in [0.717, 1.165) is 28.6 Å². The molecule has 0 atom stereocenters. The molecule has 1 amide bonds. The van der Waals surface area contributed by atoms with E-state index >= 15 is 0 Å². The monoisotopic (exact) mass is 376 g/mol. The number of carbonyl (C=O) groups is 1. The molecule has 1 N–H and O–H groups in total. The lowest BCUT2D eigenvalue weighted by Crippen LogP contribution is -2.36. The van der Waals surface area contributed by atoms with E-state index in [4.69, 9.17) is 4.42 Å². The second-order valence-corrected chi connectivity index (χ2v) is 6.94. The number of halogens is 1. The van der Waals surface area contributed by atoms with Gasteiger partial charge in [0.1, 0.15) is 0 Å². The molecule has 5 heteroatoms. The highest BCUT2D eigenvalue weighted by molar-refractivity contribution is 9.10. The number of benzene rings is 1. The molecule has 122 valence electrons. The average molecular weight is 377 g/mol. The van der Waals surface area contributed by atoms with Gasteiger partial charge >= 0.3 is 0 Å². The van der Waals surface area contributed by atoms with Gasteiger partial charge in [0.25, 0.3) is 0 Å². The van der Waals surface area contributed by atoms with E-state index in [9.17, 15) is 4.79 Å². The second-order valence-electron chi connectivity index (χ2n) is 6.03. The number of aromatic nitrogens is 1. The van der Waals surface area contributed by atoms with Crippen molar-refractivity contribution in [3.63, 3.8) is 0 Å². The fourth-order valence-corrected chi connectivity index (χ4v) is 3.21. The molecule has 1 aliphatic carbocycles. The summed E-state index contributed by atoms with van der Waals surface area (Å²) in [5.41, 5.74) is 0.985. The molecule has 0 bridgehead atoms. The molecule has 0 saturated heterocycles. The Hall–Kier alpha value is -1.62. The van der Waals surface area contributed by atoms with Crippen molar-refractivity contribution in [2.75, 3.05) is 0 Å². The largest absolute Gasteiger partial charge is 0.441 e. The van der Waals surface area contributed by atoms with Crippen LogP contribution in [0.3, 0.4) is 0 Å². The Balaban J connectivity index is 1.50. The summed E-state index contributed by atoms with van der Waals surface area (Å²) in [6.45, 7) is 0. The molecule has 0 spiro atoms. The summed E-state index contributed by atoms with van der Waals surface area (Å²) >= 11 is 3.41. The van der Waals surface area contributed by atoms with Gasteiger partial charge in [-0.25, -0.2) is 4.98 Å². The van der Waals surface area contributed by atoms with E-state index < -0.39 is 0 Å². The van der Waals surface area contributed by atoms with Gasteiger partial charge in [0, 0.05) is 28.9 Å². The van der Waals surface area contributed by atoms with Gasteiger partial charge in [-0.1, -0.05) is 47.3 Å². The third kappa shape index (κ3) is 4.67. The summed E-state index contributed by atoms with van der Waals surface area (Å²) in [5, 5.41) is 3.12. The quantitative estimate of drug-likeness (QED) is 0.836. The molecule has 1 aromatic heterocycles. The zero-order chi connectivity index (χ0) is 16.1. The van der Waals surface area contributed by atoms with E-state index in [1.54, 1.807) is 6.20 Å². The molecule has 1 saturated carbocycles. The van der Waals surface area contributed by atoms with Crippen molar-refractivity contribution >= 4 is 21.8 Å². The van der Waals surface area contributed by atoms with Crippen LogP contribution in [-0.4, -0.2) is 16.9 Å². The van der Waals surface area contributed by atoms with Gasteiger partial charge < -0.3 is 9.73 Å². The number of hydrogen-bond acceptors (Lipinski definition) is 3. The minimum absolute atomic E-state index is 0.0975. The summed E-state index contributed by atoms with van der Waals surface area (Å²) in [6, 6.07) is 8.25. The molecule has 3 rings (SSSR count). The van der Waals surface area contributed by atoms with Crippen LogP contribution >= 0.6 is 15.9 Å². The zero-order valence-electron chi connectivity index (χ0n) is 13.1. The minimum atomic E-state index is 0.0975. The Labute approximate surface area is 144 Å². The van der Waals surface area contributed by atoms with Crippen LogP contribution < -0.4 is 5.32 Å². The van der Waals surface area contributed by atoms with Crippen LogP contribution in [0.15, 0.2) is 39.4 Å². The molecule has 23 heavy (non-hydrogen) atoms. The van der Waals surface area contributed by atoms with Crippen molar-refractivity contribution in [3.8, 4) is 11.3 Å². The molecule has 4 nitrogen and oxygen atoms in total. The standard InChI is InChI=1S/C18H21BrN2O2/c19-14-8-6-13(7-9-14)16-12-20-18(23-16)11-10-17(22)21-15-4-2-1-3-5-15/h6-9,12,15H,1-5,10-11H2,(H,21,22). The third-order valence-electron chi connectivity index (χ3n) is 4.22. The maximum atomic E-state index is 12.0. The summed E-state index contributed by atoms with van der Waals surface area (Å²) in [7, 11) is 0. The predicted octanol–water partition coefficient (Wildman–Crippen LogP) is 4.49. The van der Waals surface area contributed by atoms with E-state index in [0.29, 0.717) is 24.8 Å². The number of aryl methyl sites for hydroxylation is 1. The number of rotatable bonds is 5. The van der Waals surface area contributed by atoms with Crippen LogP contribution in [0.5, 0.6) is 0 Å². The number of oxazole rings is 1. The van der Waals surface area contributed by atoms with Gasteiger partial charge in [-0.15, -0.1) is 0 Å². The first-order valence-corrected chi connectivity index (χ1v) is 9.00. The Morgan fingerprint density at radius 3 is 2.70 bits per heavy atom. The molecule has 0 aliphatic heterocycles. The lowest BCUT2D eigenvalue weighted by Gasteiger charge is -2.22. The van der Waals surface area contributed by atoms with Gasteiger partial charge in [0.15, 0.2) is 11.7 Å². The van der Waals surface area contributed by atoms with Crippen molar-refractivity contribution < 1.29 is 9.21 Å². The van der Waals surface area contributed by atoms with Crippen LogP contribution in [0, 0.1) is 0 Å². The Morgan fingerprint density at radius 2 is 1.96 bits per heavy atom. The van der Waals surface area contributed by atoms with Crippen LogP contribution in [0.2, 0.25) is 0 Å². The average Bonchev–Trinajstić information content (AvgIpc) is 3.04. The van der Waals surface area contributed by atoms with Gasteiger partial charge in [-0.05, 0) is 25.0 Å². The summed E-state index contributed by atoms with van der Waals surface area (Å²) in [5.74, 6) is 1.45. The molecule has 2 aromatic rings. The number of carbonyl (C=O) groups excluding carboxylic acids is 1. The van der Waals surface area contributed by atoms with Gasteiger partial charge in [-0.3, -0.25) is 4.79 Å². The highest BCUT2D eigenvalue weighted by Gasteiger charge is 2.16. The van der Waals surface area contributed by atoms with Crippen molar-refractivity contribution in [1.82, 2.24) is 10.3 Å². The van der Waals surface area contributed by atoms with Crippen molar-refractivity contribution in [2.24, 2.45) is 0 Å². The van der Waals surface area contributed by atoms with Gasteiger partial charge in [0.05, 0.1) is 6.20 Å². The zero-order valence-corrected chi connectivity index (χ0v) is 14.6. The molecule has 1 heterocycles. The van der Waals surface area contributed by atoms with Crippen LogP contribution in [0.1, 0.15) is 44.4 Å². The predicted molar refractivity (Wildman–Crippen MR) is 93.0 cm³/mol. The third-order valence-corrected chi connectivity index (χ3v) is 4.75. The molecule has 0 radical (unpaired) electrons. The lowest BCUT2D eigenvalue weighted by molar-refractivity contribution is -0.122. The first-order valence-electron chi connectivity index (χ1n) is 8.21. The molecular formula is C18H21BrN2O2. The summed E-state index contributed by atoms with van der Waals surface area (Å²) in [6.07, 6.45) is 8.64. The van der Waals surface area contributed by atoms with Crippen molar-refractivity contribution in [2.45, 2.75) is 51.0 Å². The van der Waals surface area contributed by atoms with E-state index in [-0.39, 0.29) is 5.91 Å². The van der Waals surface area contributed by atoms with Crippen LogP contribution in [0.25, 0.3) is 11.3 Å². The number of nitrogens with zero attached hydrogens (tertiary/aromatic N) is 1. The minimum Gasteiger partial charge on any atom is -0.441 e. The molecule has 1 fully saturated rings. The smallest absolute Gasteiger partial charge is 0.220 e. The number of nitrogens with one attached hydrogen (secondary N) is 1. The van der Waals surface area contributed by atoms with Crippen LogP contribution in [-0.2, 0) is 11.2 Å². The normalized spacial score (nSPS) is 15.5. The van der Waals surface area contributed by atoms with Gasteiger partial charge in [0.2, 0.25) is 5.91 Å². The first kappa shape index (κ1) is 16.2. The summed E-state index contributed by atoms with van der Waals surface area (Å²) in [4.78, 5) is 16.3. The maximum absolute atomic E-state index is 12.0. The molecule has 1 aromatic carbocycles. The van der Waals surface area contributed by atoms with Crippen molar-refractivity contribution in [1.29, 1.82) is 0 Å². The highest BCUT2D eigenvalue weighted by Crippen LogP contribution is 2.23. The fraction of sp³-hybridized carbons (Fsp3) is 0.444.